The van der Waals surface area contributed by atoms with Gasteiger partial charge in [-0.1, -0.05) is 50.2 Å². The highest BCUT2D eigenvalue weighted by Crippen LogP contribution is 2.39. The number of morpholine rings is 1. The van der Waals surface area contributed by atoms with Gasteiger partial charge in [-0.25, -0.2) is 4.79 Å². The summed E-state index contributed by atoms with van der Waals surface area (Å²) in [6, 6.07) is 17.7. The van der Waals surface area contributed by atoms with Crippen LogP contribution in [-0.2, 0) is 23.1 Å². The summed E-state index contributed by atoms with van der Waals surface area (Å²) < 4.78 is 5.33. The number of carbonyl (C=O) groups is 1. The number of benzene rings is 2. The Morgan fingerprint density at radius 1 is 1.14 bits per heavy atom. The molecule has 0 unspecified atom stereocenters. The van der Waals surface area contributed by atoms with Crippen LogP contribution < -0.4 is 5.32 Å². The van der Waals surface area contributed by atoms with Crippen molar-refractivity contribution in [3.8, 4) is 0 Å². The second kappa shape index (κ2) is 8.07. The molecule has 0 radical (unpaired) electrons. The fraction of sp³-hybridized carbons (Fsp3) is 0.458. The fourth-order valence-electron chi connectivity index (χ4n) is 4.47. The van der Waals surface area contributed by atoms with E-state index in [0.717, 1.165) is 17.7 Å². The van der Waals surface area contributed by atoms with E-state index >= 15 is 0 Å². The van der Waals surface area contributed by atoms with Crippen molar-refractivity contribution in [2.24, 2.45) is 0 Å². The maximum absolute atomic E-state index is 12.6. The van der Waals surface area contributed by atoms with Gasteiger partial charge in [0.2, 0.25) is 0 Å². The van der Waals surface area contributed by atoms with Crippen molar-refractivity contribution in [2.75, 3.05) is 38.7 Å². The van der Waals surface area contributed by atoms with Gasteiger partial charge in [-0.05, 0) is 35.2 Å². The molecule has 0 aromatic heterocycles. The lowest BCUT2D eigenvalue weighted by Gasteiger charge is -2.31. The molecule has 0 bridgehead atoms. The number of ether oxygens (including phenoxy) is 1. The van der Waals surface area contributed by atoms with Crippen molar-refractivity contribution in [1.29, 1.82) is 0 Å². The zero-order valence-electron chi connectivity index (χ0n) is 17.6. The first-order valence-electron chi connectivity index (χ1n) is 10.5. The van der Waals surface area contributed by atoms with Gasteiger partial charge in [0, 0.05) is 43.8 Å². The summed E-state index contributed by atoms with van der Waals surface area (Å²) in [6.07, 6.45) is 1.04. The van der Waals surface area contributed by atoms with E-state index in [0.29, 0.717) is 38.9 Å². The Balaban J connectivity index is 1.37. The zero-order valence-corrected chi connectivity index (χ0v) is 17.6. The minimum absolute atomic E-state index is 0.0703. The Labute approximate surface area is 173 Å². The first-order valence-corrected chi connectivity index (χ1v) is 10.5. The normalized spacial score (nSPS) is 20.2. The van der Waals surface area contributed by atoms with Crippen LogP contribution in [0.2, 0.25) is 0 Å². The number of anilines is 1. The molecule has 1 atom stereocenters. The van der Waals surface area contributed by atoms with Crippen molar-refractivity contribution < 1.29 is 9.53 Å². The van der Waals surface area contributed by atoms with Crippen LogP contribution in [0.25, 0.3) is 0 Å². The summed E-state index contributed by atoms with van der Waals surface area (Å²) in [5, 5.41) is 3.73. The molecule has 1 heterocycles. The third-order valence-electron chi connectivity index (χ3n) is 6.33. The third-order valence-corrected chi connectivity index (χ3v) is 6.33. The smallest absolute Gasteiger partial charge is 0.320 e. The Bertz CT molecular complexity index is 857. The molecule has 1 aliphatic carbocycles. The van der Waals surface area contributed by atoms with Gasteiger partial charge >= 0.3 is 6.03 Å². The number of nitrogens with zero attached hydrogens (tertiary/aromatic N) is 2. The van der Waals surface area contributed by atoms with Crippen molar-refractivity contribution in [3.63, 3.8) is 0 Å². The molecule has 29 heavy (non-hydrogen) atoms. The monoisotopic (exact) mass is 393 g/mol. The van der Waals surface area contributed by atoms with E-state index in [1.54, 1.807) is 4.90 Å². The van der Waals surface area contributed by atoms with Crippen LogP contribution >= 0.6 is 0 Å². The molecule has 4 rings (SSSR count). The Hall–Kier alpha value is -2.53. The molecule has 0 spiro atoms. The van der Waals surface area contributed by atoms with Gasteiger partial charge in [0.15, 0.2) is 0 Å². The highest BCUT2D eigenvalue weighted by atomic mass is 16.5. The van der Waals surface area contributed by atoms with Crippen LogP contribution in [0.3, 0.4) is 0 Å². The summed E-state index contributed by atoms with van der Waals surface area (Å²) in [5.41, 5.74) is 5.24. The first kappa shape index (κ1) is 19.8. The largest absolute Gasteiger partial charge is 0.381 e. The second-order valence-electron chi connectivity index (χ2n) is 8.71. The number of hydrogen-bond acceptors (Lipinski definition) is 3. The van der Waals surface area contributed by atoms with Crippen LogP contribution in [0.5, 0.6) is 0 Å². The first-order chi connectivity index (χ1) is 13.9. The molecule has 1 fully saturated rings. The molecule has 2 aromatic carbocycles. The number of rotatable bonds is 4. The number of fused-ring (bicyclic) bond motifs is 1. The minimum Gasteiger partial charge on any atom is -0.381 e. The highest BCUT2D eigenvalue weighted by Gasteiger charge is 2.38. The molecule has 0 saturated carbocycles. The molecule has 5 nitrogen and oxygen atoms in total. The van der Waals surface area contributed by atoms with Gasteiger partial charge in [0.1, 0.15) is 0 Å². The quantitative estimate of drug-likeness (QED) is 0.857. The average molecular weight is 394 g/mol. The highest BCUT2D eigenvalue weighted by molar-refractivity contribution is 5.74. The molecule has 154 valence electrons. The van der Waals surface area contributed by atoms with Crippen LogP contribution in [0, 0.1) is 0 Å². The number of urea groups is 1. The van der Waals surface area contributed by atoms with Crippen LogP contribution in [0.4, 0.5) is 10.5 Å². The standard InChI is InChI=1S/C24H31N3O2/c1-24(2)21-7-5-4-6-19(21)16-22(24)25-20-10-8-18(9-11-20)17-26(3)23(28)27-12-14-29-15-13-27/h4-11,22,25H,12-17H2,1-3H3/t22-/m1/s1. The lowest BCUT2D eigenvalue weighted by Crippen LogP contribution is -2.46. The van der Waals surface area contributed by atoms with Gasteiger partial charge in [0.05, 0.1) is 13.2 Å². The van der Waals surface area contributed by atoms with Gasteiger partial charge in [-0.2, -0.15) is 0 Å². The lowest BCUT2D eigenvalue weighted by atomic mass is 9.83. The van der Waals surface area contributed by atoms with E-state index in [2.05, 4.69) is 67.7 Å². The molecule has 1 aliphatic heterocycles. The van der Waals surface area contributed by atoms with Crippen molar-refractivity contribution in [2.45, 2.75) is 38.3 Å². The molecular formula is C24H31N3O2. The fourth-order valence-corrected chi connectivity index (χ4v) is 4.47. The zero-order chi connectivity index (χ0) is 20.4. The molecule has 5 heteroatoms. The Morgan fingerprint density at radius 2 is 1.83 bits per heavy atom. The predicted octanol–water partition coefficient (Wildman–Crippen LogP) is 3.89. The van der Waals surface area contributed by atoms with E-state index in [1.807, 2.05) is 11.9 Å². The number of nitrogens with one attached hydrogen (secondary N) is 1. The summed E-state index contributed by atoms with van der Waals surface area (Å²) in [5.74, 6) is 0. The van der Waals surface area contributed by atoms with Gasteiger partial charge < -0.3 is 19.9 Å². The van der Waals surface area contributed by atoms with Gasteiger partial charge in [0.25, 0.3) is 0 Å². The summed E-state index contributed by atoms with van der Waals surface area (Å²) in [7, 11) is 1.86. The van der Waals surface area contributed by atoms with Gasteiger partial charge in [-0.3, -0.25) is 0 Å². The molecule has 1 saturated heterocycles. The van der Waals surface area contributed by atoms with E-state index in [1.165, 1.54) is 11.1 Å². The van der Waals surface area contributed by atoms with E-state index in [4.69, 9.17) is 4.74 Å². The SMILES string of the molecule is CN(Cc1ccc(N[C@@H]2Cc3ccccc3C2(C)C)cc1)C(=O)N1CCOCC1. The molecular weight excluding hydrogens is 362 g/mol. The Morgan fingerprint density at radius 3 is 2.52 bits per heavy atom. The van der Waals surface area contributed by atoms with Crippen LogP contribution in [0.1, 0.15) is 30.5 Å². The number of carbonyl (C=O) groups excluding carboxylic acids is 1. The van der Waals surface area contributed by atoms with Crippen LogP contribution in [0.15, 0.2) is 48.5 Å². The molecule has 1 N–H and O–H groups in total. The van der Waals surface area contributed by atoms with Crippen molar-refractivity contribution in [1.82, 2.24) is 9.80 Å². The van der Waals surface area contributed by atoms with E-state index < -0.39 is 0 Å². The van der Waals surface area contributed by atoms with E-state index in [-0.39, 0.29) is 11.4 Å². The summed E-state index contributed by atoms with van der Waals surface area (Å²) >= 11 is 0. The maximum atomic E-state index is 12.6. The number of hydrogen-bond donors (Lipinski definition) is 1. The maximum Gasteiger partial charge on any atom is 0.320 e. The summed E-state index contributed by atoms with van der Waals surface area (Å²) in [4.78, 5) is 16.2. The van der Waals surface area contributed by atoms with Crippen molar-refractivity contribution in [3.05, 3.63) is 65.2 Å². The third kappa shape index (κ3) is 4.10. The lowest BCUT2D eigenvalue weighted by molar-refractivity contribution is 0.0448. The molecule has 2 aliphatic rings. The molecule has 2 aromatic rings. The predicted molar refractivity (Wildman–Crippen MR) is 116 cm³/mol. The topological polar surface area (TPSA) is 44.8 Å². The Kier molecular flexibility index (Phi) is 5.50. The van der Waals surface area contributed by atoms with E-state index in [9.17, 15) is 4.79 Å². The average Bonchev–Trinajstić information content (AvgIpc) is 2.99. The minimum atomic E-state index is 0.0703. The van der Waals surface area contributed by atoms with Crippen molar-refractivity contribution >= 4 is 11.7 Å². The number of amides is 2. The molecule has 2 amide bonds. The van der Waals surface area contributed by atoms with Crippen LogP contribution in [-0.4, -0.2) is 55.2 Å². The van der Waals surface area contributed by atoms with Gasteiger partial charge in [-0.15, -0.1) is 0 Å². The second-order valence-corrected chi connectivity index (χ2v) is 8.71. The summed E-state index contributed by atoms with van der Waals surface area (Å²) in [6.45, 7) is 7.84.